The molecule has 0 saturated heterocycles. The summed E-state index contributed by atoms with van der Waals surface area (Å²) in [6.07, 6.45) is 3.51. The monoisotopic (exact) mass is 283 g/mol. The first-order valence-corrected chi connectivity index (χ1v) is 7.14. The summed E-state index contributed by atoms with van der Waals surface area (Å²) in [7, 11) is 1.34. The van der Waals surface area contributed by atoms with Gasteiger partial charge in [-0.05, 0) is 57.3 Å². The highest BCUT2D eigenvalue weighted by atomic mass is 16.6. The van der Waals surface area contributed by atoms with Gasteiger partial charge in [0.05, 0.1) is 7.11 Å². The first-order valence-electron chi connectivity index (χ1n) is 7.14. The van der Waals surface area contributed by atoms with Gasteiger partial charge in [0.25, 0.3) is 0 Å². The summed E-state index contributed by atoms with van der Waals surface area (Å²) in [5.41, 5.74) is 0.129. The lowest BCUT2D eigenvalue weighted by atomic mass is 9.35. The molecule has 1 atom stereocenters. The second-order valence-electron chi connectivity index (χ2n) is 7.77. The van der Waals surface area contributed by atoms with E-state index in [1.807, 2.05) is 0 Å². The molecule has 3 rings (SSSR count). The van der Waals surface area contributed by atoms with Gasteiger partial charge in [-0.15, -0.1) is 0 Å². The Hall–Kier alpha value is -1.26. The predicted molar refractivity (Wildman–Crippen MR) is 74.2 cm³/mol. The fraction of sp³-hybridized carbons (Fsp3) is 0.867. The Balaban J connectivity index is 1.91. The van der Waals surface area contributed by atoms with E-state index < -0.39 is 23.7 Å². The van der Waals surface area contributed by atoms with Crippen LogP contribution < -0.4 is 5.32 Å². The molecule has 0 aliphatic heterocycles. The van der Waals surface area contributed by atoms with Crippen LogP contribution in [0.3, 0.4) is 0 Å². The third kappa shape index (κ3) is 3.07. The Morgan fingerprint density at radius 3 is 2.20 bits per heavy atom. The Morgan fingerprint density at radius 2 is 1.80 bits per heavy atom. The molecule has 3 saturated carbocycles. The normalized spacial score (nSPS) is 32.5. The Bertz CT molecular complexity index is 404. The summed E-state index contributed by atoms with van der Waals surface area (Å²) < 4.78 is 9.99. The Kier molecular flexibility index (Phi) is 3.51. The van der Waals surface area contributed by atoms with Gasteiger partial charge in [0.15, 0.2) is 0 Å². The van der Waals surface area contributed by atoms with Crippen molar-refractivity contribution >= 4 is 12.1 Å². The number of methoxy groups -OCH3 is 1. The lowest BCUT2D eigenvalue weighted by Gasteiger charge is -2.70. The fourth-order valence-electron chi connectivity index (χ4n) is 4.00. The van der Waals surface area contributed by atoms with E-state index in [4.69, 9.17) is 9.47 Å². The van der Waals surface area contributed by atoms with Gasteiger partial charge in [-0.3, -0.25) is 0 Å². The number of carbonyl (C=O) groups is 2. The second-order valence-corrected chi connectivity index (χ2v) is 7.77. The van der Waals surface area contributed by atoms with E-state index in [1.54, 1.807) is 20.8 Å². The third-order valence-corrected chi connectivity index (χ3v) is 4.22. The quantitative estimate of drug-likeness (QED) is 0.806. The van der Waals surface area contributed by atoms with Gasteiger partial charge in [-0.25, -0.2) is 9.59 Å². The lowest BCUT2D eigenvalue weighted by molar-refractivity contribution is -0.200. The smallest absolute Gasteiger partial charge is 0.408 e. The highest BCUT2D eigenvalue weighted by molar-refractivity contribution is 5.81. The van der Waals surface area contributed by atoms with Crippen LogP contribution in [0.2, 0.25) is 0 Å². The van der Waals surface area contributed by atoms with E-state index in [1.165, 1.54) is 7.11 Å². The van der Waals surface area contributed by atoms with Crippen LogP contribution in [0.1, 0.15) is 53.4 Å². The van der Waals surface area contributed by atoms with Gasteiger partial charge >= 0.3 is 12.1 Å². The van der Waals surface area contributed by atoms with Crippen LogP contribution >= 0.6 is 0 Å². The van der Waals surface area contributed by atoms with Crippen molar-refractivity contribution in [1.29, 1.82) is 0 Å². The Labute approximate surface area is 120 Å². The Morgan fingerprint density at radius 1 is 1.25 bits per heavy atom. The number of ether oxygens (including phenoxy) is 2. The van der Waals surface area contributed by atoms with Gasteiger partial charge in [-0.1, -0.05) is 6.92 Å². The zero-order valence-corrected chi connectivity index (χ0v) is 13.0. The van der Waals surface area contributed by atoms with Crippen LogP contribution in [0.25, 0.3) is 0 Å². The molecule has 3 aliphatic rings. The first kappa shape index (κ1) is 15.1. The van der Waals surface area contributed by atoms with E-state index in [9.17, 15) is 9.59 Å². The molecule has 0 aromatic carbocycles. The minimum atomic E-state index is -0.611. The van der Waals surface area contributed by atoms with E-state index in [-0.39, 0.29) is 5.41 Å². The van der Waals surface area contributed by atoms with Crippen molar-refractivity contribution in [3.8, 4) is 0 Å². The molecule has 20 heavy (non-hydrogen) atoms. The molecule has 0 aromatic rings. The van der Waals surface area contributed by atoms with Crippen LogP contribution in [-0.4, -0.2) is 30.8 Å². The van der Waals surface area contributed by atoms with Crippen molar-refractivity contribution in [3.05, 3.63) is 0 Å². The van der Waals surface area contributed by atoms with Crippen molar-refractivity contribution in [2.24, 2.45) is 10.8 Å². The van der Waals surface area contributed by atoms with Crippen molar-refractivity contribution in [1.82, 2.24) is 5.32 Å². The van der Waals surface area contributed by atoms with Crippen LogP contribution in [0.15, 0.2) is 0 Å². The maximum Gasteiger partial charge on any atom is 0.408 e. The lowest BCUT2D eigenvalue weighted by Crippen LogP contribution is -2.62. The molecule has 0 spiro atoms. The summed E-state index contributed by atoms with van der Waals surface area (Å²) in [4.78, 5) is 23.7. The van der Waals surface area contributed by atoms with E-state index >= 15 is 0 Å². The molecule has 3 fully saturated rings. The molecule has 0 radical (unpaired) electrons. The number of nitrogens with one attached hydrogen (secondary N) is 1. The number of amides is 1. The fourth-order valence-corrected chi connectivity index (χ4v) is 4.00. The maximum absolute atomic E-state index is 11.8. The standard InChI is InChI=1S/C15H25NO4/c1-13(2,3)20-12(18)16-10(11(17)19-5)6-15-7-14(4,8-15)9-15/h10H,6-9H2,1-5H3,(H,16,18)/t10-,14?,15?/m1/s1. The molecule has 5 heteroatoms. The summed E-state index contributed by atoms with van der Waals surface area (Å²) in [5.74, 6) is -0.397. The molecule has 1 amide bonds. The zero-order valence-electron chi connectivity index (χ0n) is 13.0. The van der Waals surface area contributed by atoms with Crippen molar-refractivity contribution < 1.29 is 19.1 Å². The zero-order chi connectivity index (χ0) is 15.2. The largest absolute Gasteiger partial charge is 0.467 e. The van der Waals surface area contributed by atoms with E-state index in [0.717, 1.165) is 19.3 Å². The molecule has 0 aromatic heterocycles. The first-order chi connectivity index (χ1) is 9.06. The van der Waals surface area contributed by atoms with Crippen LogP contribution in [-0.2, 0) is 14.3 Å². The number of alkyl carbamates (subject to hydrolysis) is 1. The summed E-state index contributed by atoms with van der Waals surface area (Å²) in [6, 6.07) is -0.611. The molecular formula is C15H25NO4. The number of carbonyl (C=O) groups excluding carboxylic acids is 2. The van der Waals surface area contributed by atoms with Crippen molar-refractivity contribution in [2.45, 2.75) is 65.0 Å². The molecule has 2 bridgehead atoms. The highest BCUT2D eigenvalue weighted by Crippen LogP contribution is 2.74. The van der Waals surface area contributed by atoms with Gasteiger partial charge in [-0.2, -0.15) is 0 Å². The molecule has 0 heterocycles. The van der Waals surface area contributed by atoms with Crippen LogP contribution in [0.5, 0.6) is 0 Å². The summed E-state index contributed by atoms with van der Waals surface area (Å²) in [6.45, 7) is 7.65. The van der Waals surface area contributed by atoms with Crippen molar-refractivity contribution in [3.63, 3.8) is 0 Å². The minimum Gasteiger partial charge on any atom is -0.467 e. The highest BCUT2D eigenvalue weighted by Gasteiger charge is 2.65. The third-order valence-electron chi connectivity index (χ3n) is 4.22. The average molecular weight is 283 g/mol. The minimum absolute atomic E-state index is 0.225. The SMILES string of the molecule is COC(=O)[C@@H](CC12CC(C)(C1)C2)NC(=O)OC(C)(C)C. The molecule has 3 aliphatic carbocycles. The molecule has 114 valence electrons. The van der Waals surface area contributed by atoms with Gasteiger partial charge < -0.3 is 14.8 Å². The molecule has 1 N–H and O–H groups in total. The van der Waals surface area contributed by atoms with Crippen LogP contribution in [0.4, 0.5) is 4.79 Å². The topological polar surface area (TPSA) is 64.6 Å². The van der Waals surface area contributed by atoms with Gasteiger partial charge in [0.2, 0.25) is 0 Å². The summed E-state index contributed by atoms with van der Waals surface area (Å²) >= 11 is 0. The van der Waals surface area contributed by atoms with E-state index in [0.29, 0.717) is 11.8 Å². The van der Waals surface area contributed by atoms with Crippen LogP contribution in [0, 0.1) is 10.8 Å². The maximum atomic E-state index is 11.8. The van der Waals surface area contributed by atoms with E-state index in [2.05, 4.69) is 12.2 Å². The number of rotatable bonds is 4. The number of esters is 1. The van der Waals surface area contributed by atoms with Crippen molar-refractivity contribution in [2.75, 3.05) is 7.11 Å². The predicted octanol–water partition coefficient (Wildman–Crippen LogP) is 2.63. The second kappa shape index (κ2) is 4.64. The van der Waals surface area contributed by atoms with Gasteiger partial charge in [0, 0.05) is 0 Å². The number of hydrogen-bond acceptors (Lipinski definition) is 4. The number of hydrogen-bond donors (Lipinski definition) is 1. The van der Waals surface area contributed by atoms with Gasteiger partial charge in [0.1, 0.15) is 11.6 Å². The summed E-state index contributed by atoms with van der Waals surface area (Å²) in [5, 5.41) is 2.65. The molecule has 5 nitrogen and oxygen atoms in total. The molecule has 0 unspecified atom stereocenters. The average Bonchev–Trinajstić information content (AvgIpc) is 2.20. The molecular weight excluding hydrogens is 258 g/mol.